The zero-order chi connectivity index (χ0) is 11.8. The second kappa shape index (κ2) is 3.87. The molecule has 0 aliphatic rings. The molecule has 0 bridgehead atoms. The van der Waals surface area contributed by atoms with Gasteiger partial charge in [0.2, 0.25) is 11.7 Å². The molecule has 0 saturated carbocycles. The van der Waals surface area contributed by atoms with Crippen molar-refractivity contribution < 1.29 is 4.52 Å². The van der Waals surface area contributed by atoms with Crippen molar-refractivity contribution in [3.63, 3.8) is 0 Å². The lowest BCUT2D eigenvalue weighted by Crippen LogP contribution is -1.95. The molecule has 0 atom stereocenters. The van der Waals surface area contributed by atoms with E-state index in [2.05, 4.69) is 15.1 Å². The van der Waals surface area contributed by atoms with Crippen LogP contribution in [0.1, 0.15) is 5.89 Å². The maximum absolute atomic E-state index is 6.13. The van der Waals surface area contributed by atoms with Gasteiger partial charge in [-0.15, -0.1) is 0 Å². The Morgan fingerprint density at radius 2 is 2.29 bits per heavy atom. The molecular formula is C11H9ClN4O. The van der Waals surface area contributed by atoms with Gasteiger partial charge in [-0.05, 0) is 6.07 Å². The fourth-order valence-corrected chi connectivity index (χ4v) is 2.03. The lowest BCUT2D eigenvalue weighted by Gasteiger charge is -1.97. The smallest absolute Gasteiger partial charge is 0.240 e. The van der Waals surface area contributed by atoms with Crippen molar-refractivity contribution >= 4 is 22.5 Å². The number of nitrogens with zero attached hydrogens (tertiary/aromatic N) is 2. The minimum Gasteiger partial charge on any atom is -0.360 e. The summed E-state index contributed by atoms with van der Waals surface area (Å²) in [5.41, 5.74) is 7.20. The molecule has 1 aromatic carbocycles. The zero-order valence-electron chi connectivity index (χ0n) is 8.77. The van der Waals surface area contributed by atoms with Crippen LogP contribution < -0.4 is 5.73 Å². The number of aromatic amines is 1. The summed E-state index contributed by atoms with van der Waals surface area (Å²) in [6.07, 6.45) is 1.74. The zero-order valence-corrected chi connectivity index (χ0v) is 9.53. The summed E-state index contributed by atoms with van der Waals surface area (Å²) in [4.78, 5) is 7.27. The number of nitrogens with two attached hydrogens (primary N) is 1. The maximum Gasteiger partial charge on any atom is 0.240 e. The number of H-pyrrole nitrogens is 1. The van der Waals surface area contributed by atoms with Crippen LogP contribution in [0, 0.1) is 0 Å². The Balaban J connectivity index is 2.25. The molecule has 0 spiro atoms. The molecule has 0 amide bonds. The summed E-state index contributed by atoms with van der Waals surface area (Å²) in [5, 5.41) is 5.41. The molecule has 2 heterocycles. The van der Waals surface area contributed by atoms with Crippen LogP contribution in [0.5, 0.6) is 0 Å². The first kappa shape index (κ1) is 10.3. The average molecular weight is 249 g/mol. The Bertz CT molecular complexity index is 673. The second-order valence-corrected chi connectivity index (χ2v) is 3.99. The number of rotatable bonds is 2. The van der Waals surface area contributed by atoms with Crippen molar-refractivity contribution in [2.45, 2.75) is 6.54 Å². The van der Waals surface area contributed by atoms with Crippen molar-refractivity contribution in [2.24, 2.45) is 5.73 Å². The number of nitrogens with one attached hydrogen (secondary N) is 1. The summed E-state index contributed by atoms with van der Waals surface area (Å²) < 4.78 is 4.99. The van der Waals surface area contributed by atoms with Gasteiger partial charge in [-0.3, -0.25) is 0 Å². The van der Waals surface area contributed by atoms with Gasteiger partial charge in [0, 0.05) is 22.7 Å². The first-order chi connectivity index (χ1) is 8.29. The quantitative estimate of drug-likeness (QED) is 0.729. The Kier molecular flexibility index (Phi) is 2.35. The van der Waals surface area contributed by atoms with E-state index in [1.807, 2.05) is 18.2 Å². The van der Waals surface area contributed by atoms with Crippen molar-refractivity contribution in [3.8, 4) is 11.4 Å². The van der Waals surface area contributed by atoms with E-state index in [-0.39, 0.29) is 6.54 Å². The van der Waals surface area contributed by atoms with E-state index < -0.39 is 0 Å². The Morgan fingerprint density at radius 1 is 1.41 bits per heavy atom. The Hall–Kier alpha value is -1.85. The molecule has 5 nitrogen and oxygen atoms in total. The van der Waals surface area contributed by atoms with Gasteiger partial charge in [-0.25, -0.2) is 0 Å². The molecule has 2 aromatic heterocycles. The van der Waals surface area contributed by atoms with Crippen LogP contribution in [-0.4, -0.2) is 15.1 Å². The maximum atomic E-state index is 6.13. The van der Waals surface area contributed by atoms with Gasteiger partial charge in [0.15, 0.2) is 0 Å². The highest BCUT2D eigenvalue weighted by Gasteiger charge is 2.13. The fourth-order valence-electron chi connectivity index (χ4n) is 1.78. The van der Waals surface area contributed by atoms with E-state index in [1.54, 1.807) is 6.20 Å². The van der Waals surface area contributed by atoms with Crippen molar-refractivity contribution in [3.05, 3.63) is 35.3 Å². The van der Waals surface area contributed by atoms with Crippen LogP contribution >= 0.6 is 11.6 Å². The summed E-state index contributed by atoms with van der Waals surface area (Å²) in [7, 11) is 0. The molecule has 0 radical (unpaired) electrons. The molecule has 3 N–H and O–H groups in total. The first-order valence-corrected chi connectivity index (χ1v) is 5.46. The van der Waals surface area contributed by atoms with E-state index in [9.17, 15) is 0 Å². The molecule has 3 rings (SSSR count). The van der Waals surface area contributed by atoms with Gasteiger partial charge >= 0.3 is 0 Å². The Morgan fingerprint density at radius 3 is 3.06 bits per heavy atom. The molecule has 0 fully saturated rings. The summed E-state index contributed by atoms with van der Waals surface area (Å²) in [6, 6.07) is 5.74. The van der Waals surface area contributed by atoms with Gasteiger partial charge in [0.05, 0.1) is 11.6 Å². The third-order valence-electron chi connectivity index (χ3n) is 2.54. The second-order valence-electron chi connectivity index (χ2n) is 3.58. The predicted molar refractivity (Wildman–Crippen MR) is 64.5 cm³/mol. The first-order valence-electron chi connectivity index (χ1n) is 5.08. The lowest BCUT2D eigenvalue weighted by molar-refractivity contribution is 0.380. The number of fused-ring (bicyclic) bond motifs is 1. The summed E-state index contributed by atoms with van der Waals surface area (Å²) in [6.45, 7) is 0.226. The van der Waals surface area contributed by atoms with Crippen LogP contribution in [0.3, 0.4) is 0 Å². The van der Waals surface area contributed by atoms with Gasteiger partial charge in [0.1, 0.15) is 0 Å². The number of hydrogen-bond donors (Lipinski definition) is 2. The molecule has 0 aliphatic heterocycles. The van der Waals surface area contributed by atoms with E-state index in [1.165, 1.54) is 0 Å². The molecule has 3 aromatic rings. The topological polar surface area (TPSA) is 80.7 Å². The lowest BCUT2D eigenvalue weighted by atomic mass is 10.1. The fraction of sp³-hybridized carbons (Fsp3) is 0.0909. The standard InChI is InChI=1S/C11H9ClN4O/c12-7-5-14-8-3-1-2-6(10(7)8)11-15-9(4-13)17-16-11/h1-3,5,14H,4,13H2. The van der Waals surface area contributed by atoms with E-state index in [0.717, 1.165) is 16.5 Å². The minimum absolute atomic E-state index is 0.226. The van der Waals surface area contributed by atoms with Crippen LogP contribution in [0.25, 0.3) is 22.3 Å². The van der Waals surface area contributed by atoms with Crippen molar-refractivity contribution in [2.75, 3.05) is 0 Å². The molecule has 6 heteroatoms. The van der Waals surface area contributed by atoms with Gasteiger partial charge in [0.25, 0.3) is 0 Å². The molecule has 0 unspecified atom stereocenters. The Labute approximate surface area is 102 Å². The largest absolute Gasteiger partial charge is 0.360 e. The van der Waals surface area contributed by atoms with Crippen LogP contribution in [0.15, 0.2) is 28.9 Å². The van der Waals surface area contributed by atoms with Crippen molar-refractivity contribution in [1.29, 1.82) is 0 Å². The molecular weight excluding hydrogens is 240 g/mol. The normalized spacial score (nSPS) is 11.2. The van der Waals surface area contributed by atoms with Gasteiger partial charge in [-0.2, -0.15) is 4.98 Å². The third-order valence-corrected chi connectivity index (χ3v) is 2.84. The van der Waals surface area contributed by atoms with Gasteiger partial charge < -0.3 is 15.2 Å². The highest BCUT2D eigenvalue weighted by molar-refractivity contribution is 6.36. The molecule has 86 valence electrons. The van der Waals surface area contributed by atoms with Crippen molar-refractivity contribution in [1.82, 2.24) is 15.1 Å². The number of halogens is 1. The SMILES string of the molecule is NCc1nc(-c2cccc3[nH]cc(Cl)c23)no1. The van der Waals surface area contributed by atoms with E-state index in [4.69, 9.17) is 21.9 Å². The number of aromatic nitrogens is 3. The number of benzene rings is 1. The van der Waals surface area contributed by atoms with Gasteiger partial charge in [-0.1, -0.05) is 28.9 Å². The predicted octanol–water partition coefficient (Wildman–Crippen LogP) is 2.33. The molecule has 0 saturated heterocycles. The van der Waals surface area contributed by atoms with Crippen LogP contribution in [0.2, 0.25) is 5.02 Å². The summed E-state index contributed by atoms with van der Waals surface area (Å²) >= 11 is 6.13. The molecule has 0 aliphatic carbocycles. The average Bonchev–Trinajstić information content (AvgIpc) is 2.96. The number of hydrogen-bond acceptors (Lipinski definition) is 4. The van der Waals surface area contributed by atoms with E-state index >= 15 is 0 Å². The summed E-state index contributed by atoms with van der Waals surface area (Å²) in [5.74, 6) is 0.904. The minimum atomic E-state index is 0.226. The molecule has 17 heavy (non-hydrogen) atoms. The van der Waals surface area contributed by atoms with Crippen LogP contribution in [0.4, 0.5) is 0 Å². The monoisotopic (exact) mass is 248 g/mol. The van der Waals surface area contributed by atoms with E-state index in [0.29, 0.717) is 16.7 Å². The third kappa shape index (κ3) is 1.60. The van der Waals surface area contributed by atoms with Crippen LogP contribution in [-0.2, 0) is 6.54 Å². The highest BCUT2D eigenvalue weighted by Crippen LogP contribution is 2.31. The highest BCUT2D eigenvalue weighted by atomic mass is 35.5.